The van der Waals surface area contributed by atoms with Crippen molar-refractivity contribution in [2.24, 2.45) is 0 Å². The summed E-state index contributed by atoms with van der Waals surface area (Å²) in [6, 6.07) is 18.0. The van der Waals surface area contributed by atoms with E-state index in [1.165, 1.54) is 10.6 Å². The van der Waals surface area contributed by atoms with Crippen LogP contribution in [0.2, 0.25) is 0 Å². The Morgan fingerprint density at radius 3 is 2.18 bits per heavy atom. The number of nitrogens with zero attached hydrogens (tertiary/aromatic N) is 2. The average Bonchev–Trinajstić information content (AvgIpc) is 3.33. The predicted molar refractivity (Wildman–Crippen MR) is 135 cm³/mol. The van der Waals surface area contributed by atoms with Crippen molar-refractivity contribution in [3.8, 4) is 0 Å². The molecular weight excluding hydrogens is 450 g/mol. The summed E-state index contributed by atoms with van der Waals surface area (Å²) in [5.41, 5.74) is 1.52. The zero-order valence-corrected chi connectivity index (χ0v) is 20.8. The molecule has 184 valence electrons. The van der Waals surface area contributed by atoms with Crippen molar-refractivity contribution in [1.29, 1.82) is 0 Å². The first-order valence-corrected chi connectivity index (χ1v) is 13.8. The molecule has 0 unspecified atom stereocenters. The van der Waals surface area contributed by atoms with Gasteiger partial charge in [0.05, 0.1) is 11.9 Å². The number of anilines is 1. The van der Waals surface area contributed by atoms with E-state index >= 15 is 0 Å². The molecule has 8 heteroatoms. The lowest BCUT2D eigenvalue weighted by Crippen LogP contribution is -2.49. The molecule has 3 rings (SSSR count). The topological polar surface area (TPSA) is 86.8 Å². The zero-order chi connectivity index (χ0) is 24.6. The molecule has 2 aromatic rings. The number of para-hydroxylation sites is 1. The molecule has 1 fully saturated rings. The summed E-state index contributed by atoms with van der Waals surface area (Å²) in [5.74, 6) is -0.308. The van der Waals surface area contributed by atoms with E-state index in [0.717, 1.165) is 31.2 Å². The van der Waals surface area contributed by atoms with Gasteiger partial charge < -0.3 is 10.2 Å². The van der Waals surface area contributed by atoms with Crippen LogP contribution in [0.15, 0.2) is 60.7 Å². The van der Waals surface area contributed by atoms with Crippen molar-refractivity contribution in [2.45, 2.75) is 64.1 Å². The van der Waals surface area contributed by atoms with Crippen LogP contribution in [-0.2, 0) is 26.2 Å². The van der Waals surface area contributed by atoms with Gasteiger partial charge in [-0.25, -0.2) is 8.42 Å². The Bertz CT molecular complexity index is 1040. The number of amides is 2. The summed E-state index contributed by atoms with van der Waals surface area (Å²) in [7, 11) is -3.48. The Morgan fingerprint density at radius 2 is 1.59 bits per heavy atom. The van der Waals surface area contributed by atoms with Crippen molar-refractivity contribution in [1.82, 2.24) is 10.2 Å². The van der Waals surface area contributed by atoms with Crippen LogP contribution in [0.1, 0.15) is 51.0 Å². The second-order valence-corrected chi connectivity index (χ2v) is 10.9. The summed E-state index contributed by atoms with van der Waals surface area (Å²) in [5, 5.41) is 3.10. The Kier molecular flexibility index (Phi) is 9.10. The molecule has 34 heavy (non-hydrogen) atoms. The molecule has 0 radical (unpaired) electrons. The van der Waals surface area contributed by atoms with Gasteiger partial charge in [-0.1, -0.05) is 61.4 Å². The molecule has 1 aliphatic carbocycles. The molecule has 0 heterocycles. The second-order valence-electron chi connectivity index (χ2n) is 8.95. The van der Waals surface area contributed by atoms with Crippen molar-refractivity contribution in [3.05, 3.63) is 66.2 Å². The van der Waals surface area contributed by atoms with Gasteiger partial charge in [-0.05, 0) is 43.9 Å². The Morgan fingerprint density at radius 1 is 1.00 bits per heavy atom. The molecule has 0 aromatic heterocycles. The maximum atomic E-state index is 13.3. The van der Waals surface area contributed by atoms with Gasteiger partial charge in [0.25, 0.3) is 0 Å². The predicted octanol–water partition coefficient (Wildman–Crippen LogP) is 3.71. The van der Waals surface area contributed by atoms with Gasteiger partial charge in [0.2, 0.25) is 21.8 Å². The van der Waals surface area contributed by atoms with Crippen molar-refractivity contribution >= 4 is 27.5 Å². The first-order valence-electron chi connectivity index (χ1n) is 11.9. The standard InChI is InChI=1S/C26H35N3O4S/c1-21(26(31)27-23-14-9-10-15-23)28(20-22-12-5-3-6-13-22)25(30)18-11-19-29(34(2,32)33)24-16-7-4-8-17-24/h3-8,12-13,16-17,21,23H,9-11,14-15,18-20H2,1-2H3,(H,27,31)/t21-/m0/s1. The van der Waals surface area contributed by atoms with Gasteiger partial charge in [-0.15, -0.1) is 0 Å². The van der Waals surface area contributed by atoms with Gasteiger partial charge in [0.1, 0.15) is 6.04 Å². The normalized spacial score (nSPS) is 15.0. The number of carbonyl (C=O) groups excluding carboxylic acids is 2. The maximum Gasteiger partial charge on any atom is 0.242 e. The number of nitrogens with one attached hydrogen (secondary N) is 1. The van der Waals surface area contributed by atoms with E-state index in [1.54, 1.807) is 36.1 Å². The summed E-state index contributed by atoms with van der Waals surface area (Å²) in [6.07, 6.45) is 5.85. The maximum absolute atomic E-state index is 13.3. The van der Waals surface area contributed by atoms with Crippen LogP contribution in [0.3, 0.4) is 0 Å². The average molecular weight is 486 g/mol. The number of rotatable bonds is 11. The van der Waals surface area contributed by atoms with Crippen molar-refractivity contribution in [2.75, 3.05) is 17.1 Å². The lowest BCUT2D eigenvalue weighted by Gasteiger charge is -2.30. The van der Waals surface area contributed by atoms with Gasteiger partial charge in [-0.3, -0.25) is 13.9 Å². The second kappa shape index (κ2) is 12.0. The Hall–Kier alpha value is -2.87. The quantitative estimate of drug-likeness (QED) is 0.526. The number of carbonyl (C=O) groups is 2. The third kappa shape index (κ3) is 7.32. The first kappa shape index (κ1) is 25.7. The van der Waals surface area contributed by atoms with Crippen molar-refractivity contribution < 1.29 is 18.0 Å². The molecule has 1 saturated carbocycles. The van der Waals surface area contributed by atoms with Crippen LogP contribution in [-0.4, -0.2) is 50.0 Å². The summed E-state index contributed by atoms with van der Waals surface area (Å²) >= 11 is 0. The smallest absolute Gasteiger partial charge is 0.242 e. The fraction of sp³-hybridized carbons (Fsp3) is 0.462. The minimum absolute atomic E-state index is 0.141. The van der Waals surface area contributed by atoms with Gasteiger partial charge in [-0.2, -0.15) is 0 Å². The molecule has 0 spiro atoms. The highest BCUT2D eigenvalue weighted by Crippen LogP contribution is 2.20. The molecule has 1 N–H and O–H groups in total. The van der Waals surface area contributed by atoms with Gasteiger partial charge in [0, 0.05) is 25.6 Å². The van der Waals surface area contributed by atoms with Gasteiger partial charge in [0.15, 0.2) is 0 Å². The lowest BCUT2D eigenvalue weighted by molar-refractivity contribution is -0.141. The number of hydrogen-bond acceptors (Lipinski definition) is 4. The summed E-state index contributed by atoms with van der Waals surface area (Å²) in [4.78, 5) is 27.8. The highest BCUT2D eigenvalue weighted by molar-refractivity contribution is 7.92. The monoisotopic (exact) mass is 485 g/mol. The van der Waals surface area contributed by atoms with E-state index in [1.807, 2.05) is 36.4 Å². The van der Waals surface area contributed by atoms with Crippen LogP contribution in [0, 0.1) is 0 Å². The minimum atomic E-state index is -3.48. The Labute approximate surface area is 203 Å². The third-order valence-corrected chi connectivity index (χ3v) is 7.46. The van der Waals surface area contributed by atoms with E-state index in [9.17, 15) is 18.0 Å². The fourth-order valence-electron chi connectivity index (χ4n) is 4.35. The van der Waals surface area contributed by atoms with E-state index < -0.39 is 16.1 Å². The largest absolute Gasteiger partial charge is 0.352 e. The Balaban J connectivity index is 1.68. The minimum Gasteiger partial charge on any atom is -0.352 e. The van der Waals surface area contributed by atoms with E-state index in [2.05, 4.69) is 5.32 Å². The van der Waals surface area contributed by atoms with Crippen LogP contribution in [0.25, 0.3) is 0 Å². The molecular formula is C26H35N3O4S. The van der Waals surface area contributed by atoms with E-state index in [4.69, 9.17) is 0 Å². The molecule has 1 atom stereocenters. The number of benzene rings is 2. The SMILES string of the molecule is C[C@@H](C(=O)NC1CCCC1)N(Cc1ccccc1)C(=O)CCCN(c1ccccc1)S(C)(=O)=O. The molecule has 1 aliphatic rings. The summed E-state index contributed by atoms with van der Waals surface area (Å²) < 4.78 is 26.0. The van der Waals surface area contributed by atoms with Crippen LogP contribution < -0.4 is 9.62 Å². The number of hydrogen-bond donors (Lipinski definition) is 1. The third-order valence-electron chi connectivity index (χ3n) is 6.26. The van der Waals surface area contributed by atoms with Crippen LogP contribution in [0.4, 0.5) is 5.69 Å². The highest BCUT2D eigenvalue weighted by Gasteiger charge is 2.28. The van der Waals surface area contributed by atoms with Crippen LogP contribution in [0.5, 0.6) is 0 Å². The molecule has 2 amide bonds. The molecule has 0 saturated heterocycles. The molecule has 2 aromatic carbocycles. The fourth-order valence-corrected chi connectivity index (χ4v) is 5.32. The molecule has 0 aliphatic heterocycles. The summed E-state index contributed by atoms with van der Waals surface area (Å²) in [6.45, 7) is 2.28. The lowest BCUT2D eigenvalue weighted by atomic mass is 10.1. The first-order chi connectivity index (χ1) is 16.3. The zero-order valence-electron chi connectivity index (χ0n) is 20.0. The number of sulfonamides is 1. The molecule has 0 bridgehead atoms. The molecule has 7 nitrogen and oxygen atoms in total. The van der Waals surface area contributed by atoms with E-state index in [-0.39, 0.29) is 30.8 Å². The van der Waals surface area contributed by atoms with Crippen molar-refractivity contribution in [3.63, 3.8) is 0 Å². The van der Waals surface area contributed by atoms with Crippen LogP contribution >= 0.6 is 0 Å². The van der Waals surface area contributed by atoms with Gasteiger partial charge >= 0.3 is 0 Å². The van der Waals surface area contributed by atoms with E-state index in [0.29, 0.717) is 18.7 Å². The highest BCUT2D eigenvalue weighted by atomic mass is 32.2.